The Morgan fingerprint density at radius 3 is 2.39 bits per heavy atom. The Bertz CT molecular complexity index is 1400. The summed E-state index contributed by atoms with van der Waals surface area (Å²) in [5, 5.41) is 4.13. The Kier molecular flexibility index (Phi) is 6.86. The van der Waals surface area contributed by atoms with Gasteiger partial charge >= 0.3 is 0 Å². The predicted octanol–water partition coefficient (Wildman–Crippen LogP) is 6.71. The molecule has 2 heterocycles. The lowest BCUT2D eigenvalue weighted by Gasteiger charge is -2.51. The Morgan fingerprint density at radius 1 is 0.868 bits per heavy atom. The highest BCUT2D eigenvalue weighted by molar-refractivity contribution is 6.05. The first-order valence-corrected chi connectivity index (χ1v) is 13.9. The second kappa shape index (κ2) is 10.6. The van der Waals surface area contributed by atoms with Crippen LogP contribution in [-0.4, -0.2) is 42.0 Å². The van der Waals surface area contributed by atoms with E-state index in [1.807, 2.05) is 36.4 Å². The number of aromatic nitrogens is 1. The molecule has 1 amide bonds. The fourth-order valence-corrected chi connectivity index (χ4v) is 6.34. The average molecular weight is 505 g/mol. The van der Waals surface area contributed by atoms with Crippen molar-refractivity contribution >= 4 is 28.2 Å². The van der Waals surface area contributed by atoms with Crippen LogP contribution < -0.4 is 10.2 Å². The number of hydrogen-bond donors (Lipinski definition) is 1. The number of rotatable bonds is 5. The predicted molar refractivity (Wildman–Crippen MR) is 156 cm³/mol. The first-order chi connectivity index (χ1) is 18.6. The maximum absolute atomic E-state index is 13.2. The molecular formula is C33H36N4O. The number of hydrogen-bond acceptors (Lipinski definition) is 4. The normalized spacial score (nSPS) is 22.3. The highest BCUT2D eigenvalue weighted by atomic mass is 16.1. The SMILES string of the molecule is C[C@H]1CC[C@](c2cccc(NC(=O)c3cnc4ccccc4c3)c2)(N2CCN(c3ccccc3)CC2)CC1. The van der Waals surface area contributed by atoms with Crippen LogP contribution in [0.2, 0.25) is 0 Å². The van der Waals surface area contributed by atoms with Gasteiger partial charge in [-0.15, -0.1) is 0 Å². The zero-order chi connectivity index (χ0) is 26.0. The number of carbonyl (C=O) groups excluding carboxylic acids is 1. The smallest absolute Gasteiger partial charge is 0.257 e. The number of para-hydroxylation sites is 2. The monoisotopic (exact) mass is 504 g/mol. The second-order valence-electron chi connectivity index (χ2n) is 11.0. The van der Waals surface area contributed by atoms with Gasteiger partial charge in [-0.05, 0) is 73.6 Å². The van der Waals surface area contributed by atoms with Crippen LogP contribution in [0.1, 0.15) is 48.5 Å². The summed E-state index contributed by atoms with van der Waals surface area (Å²) in [7, 11) is 0. The molecule has 1 saturated carbocycles. The van der Waals surface area contributed by atoms with Gasteiger partial charge in [-0.25, -0.2) is 0 Å². The summed E-state index contributed by atoms with van der Waals surface area (Å²) in [6.07, 6.45) is 6.45. The minimum absolute atomic E-state index is 0.0144. The van der Waals surface area contributed by atoms with E-state index in [0.29, 0.717) is 5.56 Å². The largest absolute Gasteiger partial charge is 0.369 e. The van der Waals surface area contributed by atoms with Crippen molar-refractivity contribution in [3.63, 3.8) is 0 Å². The minimum atomic E-state index is -0.122. The van der Waals surface area contributed by atoms with Crippen molar-refractivity contribution in [2.75, 3.05) is 36.4 Å². The molecule has 5 heteroatoms. The number of carbonyl (C=O) groups is 1. The van der Waals surface area contributed by atoms with Crippen LogP contribution in [0.15, 0.2) is 91.1 Å². The van der Waals surface area contributed by atoms with Crippen LogP contribution in [0.3, 0.4) is 0 Å². The highest BCUT2D eigenvalue weighted by Crippen LogP contribution is 2.45. The molecule has 0 unspecified atom stereocenters. The molecule has 4 aromatic rings. The van der Waals surface area contributed by atoms with Crippen molar-refractivity contribution in [3.8, 4) is 0 Å². The van der Waals surface area contributed by atoms with Gasteiger partial charge in [0.2, 0.25) is 0 Å². The van der Waals surface area contributed by atoms with Crippen LogP contribution in [0, 0.1) is 5.92 Å². The number of fused-ring (bicyclic) bond motifs is 1. The van der Waals surface area contributed by atoms with Gasteiger partial charge in [-0.2, -0.15) is 0 Å². The van der Waals surface area contributed by atoms with E-state index in [-0.39, 0.29) is 11.4 Å². The summed E-state index contributed by atoms with van der Waals surface area (Å²) in [6, 6.07) is 29.1. The van der Waals surface area contributed by atoms with E-state index in [2.05, 4.69) is 75.6 Å². The van der Waals surface area contributed by atoms with Crippen molar-refractivity contribution < 1.29 is 4.79 Å². The van der Waals surface area contributed by atoms with E-state index >= 15 is 0 Å². The van der Waals surface area contributed by atoms with Crippen LogP contribution in [-0.2, 0) is 5.54 Å². The van der Waals surface area contributed by atoms with Gasteiger partial charge in [0.15, 0.2) is 0 Å². The molecule has 3 aromatic carbocycles. The quantitative estimate of drug-likeness (QED) is 0.328. The second-order valence-corrected chi connectivity index (χ2v) is 11.0. The third-order valence-corrected chi connectivity index (χ3v) is 8.62. The van der Waals surface area contributed by atoms with Gasteiger partial charge in [-0.3, -0.25) is 14.7 Å². The zero-order valence-corrected chi connectivity index (χ0v) is 22.1. The fraction of sp³-hybridized carbons (Fsp3) is 0.333. The van der Waals surface area contributed by atoms with Gasteiger partial charge in [0, 0.05) is 54.7 Å². The number of amides is 1. The Morgan fingerprint density at radius 2 is 1.61 bits per heavy atom. The molecular weight excluding hydrogens is 468 g/mol. The molecule has 38 heavy (non-hydrogen) atoms. The molecule has 1 N–H and O–H groups in total. The zero-order valence-electron chi connectivity index (χ0n) is 22.1. The highest BCUT2D eigenvalue weighted by Gasteiger charge is 2.42. The Labute approximate surface area is 225 Å². The summed E-state index contributed by atoms with van der Waals surface area (Å²) >= 11 is 0. The number of pyridine rings is 1. The van der Waals surface area contributed by atoms with Crippen LogP contribution >= 0.6 is 0 Å². The minimum Gasteiger partial charge on any atom is -0.369 e. The number of piperazine rings is 1. The van der Waals surface area contributed by atoms with Crippen molar-refractivity contribution in [2.24, 2.45) is 5.92 Å². The van der Waals surface area contributed by atoms with Gasteiger partial charge in [-0.1, -0.05) is 55.5 Å². The molecule has 0 radical (unpaired) electrons. The average Bonchev–Trinajstić information content (AvgIpc) is 2.98. The summed E-state index contributed by atoms with van der Waals surface area (Å²) < 4.78 is 0. The van der Waals surface area contributed by atoms with Gasteiger partial charge in [0.05, 0.1) is 11.1 Å². The summed E-state index contributed by atoms with van der Waals surface area (Å²) in [5.41, 5.74) is 4.97. The molecule has 2 aliphatic rings. The van der Waals surface area contributed by atoms with Crippen LogP contribution in [0.25, 0.3) is 10.9 Å². The molecule has 1 saturated heterocycles. The molecule has 6 rings (SSSR count). The van der Waals surface area contributed by atoms with Crippen molar-refractivity contribution in [1.82, 2.24) is 9.88 Å². The van der Waals surface area contributed by atoms with Crippen LogP contribution in [0.5, 0.6) is 0 Å². The fourth-order valence-electron chi connectivity index (χ4n) is 6.34. The number of nitrogens with zero attached hydrogens (tertiary/aromatic N) is 3. The lowest BCUT2D eigenvalue weighted by atomic mass is 9.71. The number of anilines is 2. The molecule has 0 bridgehead atoms. The van der Waals surface area contributed by atoms with Crippen molar-refractivity contribution in [1.29, 1.82) is 0 Å². The molecule has 1 aliphatic carbocycles. The number of benzene rings is 3. The molecule has 1 aromatic heterocycles. The van der Waals surface area contributed by atoms with E-state index in [9.17, 15) is 4.79 Å². The van der Waals surface area contributed by atoms with Crippen molar-refractivity contribution in [2.45, 2.75) is 38.1 Å². The van der Waals surface area contributed by atoms with Gasteiger partial charge < -0.3 is 10.2 Å². The molecule has 0 atom stereocenters. The third-order valence-electron chi connectivity index (χ3n) is 8.62. The standard InChI is InChI=1S/C33H36N4O/c1-25-14-16-33(17-15-25,37-20-18-36(19-21-37)30-11-3-2-4-12-30)28-9-7-10-29(23-28)35-32(38)27-22-26-8-5-6-13-31(26)34-24-27/h2-13,22-25H,14-21H2,1H3,(H,35,38)/t25-,33-. The van der Waals surface area contributed by atoms with E-state index in [0.717, 1.165) is 61.5 Å². The van der Waals surface area contributed by atoms with E-state index < -0.39 is 0 Å². The maximum Gasteiger partial charge on any atom is 0.257 e. The van der Waals surface area contributed by atoms with Gasteiger partial charge in [0.25, 0.3) is 5.91 Å². The summed E-state index contributed by atoms with van der Waals surface area (Å²) in [4.78, 5) is 22.9. The molecule has 5 nitrogen and oxygen atoms in total. The first kappa shape index (κ1) is 24.6. The van der Waals surface area contributed by atoms with Crippen molar-refractivity contribution in [3.05, 3.63) is 102 Å². The lowest BCUT2D eigenvalue weighted by molar-refractivity contribution is 0.0299. The lowest BCUT2D eigenvalue weighted by Crippen LogP contribution is -2.56. The molecule has 194 valence electrons. The Balaban J connectivity index is 1.23. The topological polar surface area (TPSA) is 48.5 Å². The first-order valence-electron chi connectivity index (χ1n) is 13.9. The Hall–Kier alpha value is -3.70. The molecule has 1 aliphatic heterocycles. The third kappa shape index (κ3) is 4.91. The van der Waals surface area contributed by atoms with E-state index in [1.165, 1.54) is 24.1 Å². The van der Waals surface area contributed by atoms with E-state index in [1.54, 1.807) is 6.20 Å². The molecule has 2 fully saturated rings. The van der Waals surface area contributed by atoms with Gasteiger partial charge in [0.1, 0.15) is 0 Å². The van der Waals surface area contributed by atoms with Crippen LogP contribution in [0.4, 0.5) is 11.4 Å². The molecule has 0 spiro atoms. The summed E-state index contributed by atoms with van der Waals surface area (Å²) in [6.45, 7) is 6.54. The van der Waals surface area contributed by atoms with E-state index in [4.69, 9.17) is 0 Å². The maximum atomic E-state index is 13.2. The number of nitrogens with one attached hydrogen (secondary N) is 1. The summed E-state index contributed by atoms with van der Waals surface area (Å²) in [5.74, 6) is 0.639.